The topological polar surface area (TPSA) is 52.3 Å². The first kappa shape index (κ1) is 14.1. The Morgan fingerprint density at radius 2 is 1.82 bits per heavy atom. The van der Waals surface area contributed by atoms with E-state index in [9.17, 15) is 4.79 Å². The molecule has 4 heteroatoms. The summed E-state index contributed by atoms with van der Waals surface area (Å²) < 4.78 is 11.0. The van der Waals surface area contributed by atoms with Gasteiger partial charge < -0.3 is 9.26 Å². The SMILES string of the molecule is Cc1ccc(-c2cc(COc3ccc(C=O)cc3)no2)cc1. The minimum absolute atomic E-state index is 0.315. The molecule has 0 N–H and O–H groups in total. The minimum Gasteiger partial charge on any atom is -0.487 e. The van der Waals surface area contributed by atoms with Crippen LogP contribution in [0.15, 0.2) is 59.1 Å². The monoisotopic (exact) mass is 293 g/mol. The van der Waals surface area contributed by atoms with Gasteiger partial charge in [-0.2, -0.15) is 0 Å². The molecule has 0 aliphatic carbocycles. The van der Waals surface area contributed by atoms with Crippen LogP contribution in [-0.2, 0) is 6.61 Å². The highest BCUT2D eigenvalue weighted by molar-refractivity contribution is 5.74. The molecule has 0 atom stereocenters. The fraction of sp³-hybridized carbons (Fsp3) is 0.111. The first-order valence-corrected chi connectivity index (χ1v) is 6.95. The number of hydrogen-bond donors (Lipinski definition) is 0. The Bertz CT molecular complexity index is 758. The van der Waals surface area contributed by atoms with Gasteiger partial charge in [-0.25, -0.2) is 0 Å². The number of nitrogens with zero attached hydrogens (tertiary/aromatic N) is 1. The molecule has 0 saturated heterocycles. The lowest BCUT2D eigenvalue weighted by atomic mass is 10.1. The first-order valence-electron chi connectivity index (χ1n) is 6.95. The molecule has 0 saturated carbocycles. The average Bonchev–Trinajstić information content (AvgIpc) is 3.03. The Kier molecular flexibility index (Phi) is 4.01. The lowest BCUT2D eigenvalue weighted by molar-refractivity contribution is 0.112. The minimum atomic E-state index is 0.315. The van der Waals surface area contributed by atoms with Crippen molar-refractivity contribution < 1.29 is 14.1 Å². The fourth-order valence-electron chi connectivity index (χ4n) is 2.03. The van der Waals surface area contributed by atoms with Gasteiger partial charge in [0.1, 0.15) is 24.3 Å². The third kappa shape index (κ3) is 3.23. The van der Waals surface area contributed by atoms with Crippen molar-refractivity contribution in [3.05, 3.63) is 71.4 Å². The molecule has 3 aromatic rings. The van der Waals surface area contributed by atoms with Gasteiger partial charge in [-0.3, -0.25) is 4.79 Å². The number of aldehydes is 1. The summed E-state index contributed by atoms with van der Waals surface area (Å²) in [5.41, 5.74) is 3.52. The Balaban J connectivity index is 1.66. The van der Waals surface area contributed by atoms with Gasteiger partial charge in [0, 0.05) is 17.2 Å². The predicted octanol–water partition coefficient (Wildman–Crippen LogP) is 4.04. The second-order valence-electron chi connectivity index (χ2n) is 5.02. The van der Waals surface area contributed by atoms with Crippen molar-refractivity contribution >= 4 is 6.29 Å². The number of carbonyl (C=O) groups is 1. The molecule has 2 aromatic carbocycles. The van der Waals surface area contributed by atoms with Gasteiger partial charge in [0.15, 0.2) is 5.76 Å². The summed E-state index contributed by atoms with van der Waals surface area (Å²) in [4.78, 5) is 10.6. The number of carbonyl (C=O) groups excluding carboxylic acids is 1. The normalized spacial score (nSPS) is 10.4. The van der Waals surface area contributed by atoms with Crippen LogP contribution in [0.3, 0.4) is 0 Å². The van der Waals surface area contributed by atoms with Crippen molar-refractivity contribution in [2.75, 3.05) is 0 Å². The molecule has 0 amide bonds. The van der Waals surface area contributed by atoms with E-state index in [4.69, 9.17) is 9.26 Å². The quantitative estimate of drug-likeness (QED) is 0.666. The largest absolute Gasteiger partial charge is 0.487 e. The molecule has 3 rings (SSSR count). The van der Waals surface area contributed by atoms with Gasteiger partial charge in [-0.15, -0.1) is 0 Å². The van der Waals surface area contributed by atoms with Crippen LogP contribution < -0.4 is 4.74 Å². The van der Waals surface area contributed by atoms with E-state index in [1.54, 1.807) is 24.3 Å². The number of ether oxygens (including phenoxy) is 1. The number of hydrogen-bond acceptors (Lipinski definition) is 4. The third-order valence-corrected chi connectivity index (χ3v) is 3.30. The molecule has 0 bridgehead atoms. The van der Waals surface area contributed by atoms with Crippen molar-refractivity contribution in [2.45, 2.75) is 13.5 Å². The number of aryl methyl sites for hydroxylation is 1. The number of aromatic nitrogens is 1. The maximum absolute atomic E-state index is 10.6. The maximum Gasteiger partial charge on any atom is 0.167 e. The molecule has 0 radical (unpaired) electrons. The summed E-state index contributed by atoms with van der Waals surface area (Å²) in [6, 6.07) is 16.9. The van der Waals surface area contributed by atoms with E-state index < -0.39 is 0 Å². The Morgan fingerprint density at radius 3 is 2.50 bits per heavy atom. The van der Waals surface area contributed by atoms with Gasteiger partial charge in [0.25, 0.3) is 0 Å². The molecule has 22 heavy (non-hydrogen) atoms. The molecule has 0 fully saturated rings. The third-order valence-electron chi connectivity index (χ3n) is 3.30. The molecule has 0 aliphatic rings. The Labute approximate surface area is 128 Å². The molecule has 110 valence electrons. The van der Waals surface area contributed by atoms with Crippen LogP contribution in [0.1, 0.15) is 21.6 Å². The molecule has 0 unspecified atom stereocenters. The zero-order chi connectivity index (χ0) is 15.4. The summed E-state index contributed by atoms with van der Waals surface area (Å²) in [6.07, 6.45) is 0.801. The van der Waals surface area contributed by atoms with E-state index in [1.807, 2.05) is 37.3 Å². The van der Waals surface area contributed by atoms with Crippen LogP contribution in [0.25, 0.3) is 11.3 Å². The highest BCUT2D eigenvalue weighted by Gasteiger charge is 2.07. The summed E-state index contributed by atoms with van der Waals surface area (Å²) in [6.45, 7) is 2.36. The smallest absolute Gasteiger partial charge is 0.167 e. The van der Waals surface area contributed by atoms with E-state index in [0.29, 0.717) is 17.9 Å². The van der Waals surface area contributed by atoms with Gasteiger partial charge >= 0.3 is 0 Å². The second kappa shape index (κ2) is 6.26. The van der Waals surface area contributed by atoms with Gasteiger partial charge in [-0.05, 0) is 31.2 Å². The van der Waals surface area contributed by atoms with Crippen molar-refractivity contribution in [1.82, 2.24) is 5.16 Å². The van der Waals surface area contributed by atoms with E-state index in [0.717, 1.165) is 23.3 Å². The van der Waals surface area contributed by atoms with Crippen molar-refractivity contribution in [2.24, 2.45) is 0 Å². The van der Waals surface area contributed by atoms with Crippen LogP contribution >= 0.6 is 0 Å². The summed E-state index contributed by atoms with van der Waals surface area (Å²) in [5, 5.41) is 4.01. The lowest BCUT2D eigenvalue weighted by Gasteiger charge is -2.03. The predicted molar refractivity (Wildman–Crippen MR) is 82.8 cm³/mol. The van der Waals surface area contributed by atoms with Crippen molar-refractivity contribution in [3.8, 4) is 17.1 Å². The molecular formula is C18H15NO3. The maximum atomic E-state index is 10.6. The zero-order valence-corrected chi connectivity index (χ0v) is 12.2. The van der Waals surface area contributed by atoms with Gasteiger partial charge in [0.05, 0.1) is 0 Å². The van der Waals surface area contributed by atoms with Crippen LogP contribution in [0.2, 0.25) is 0 Å². The molecule has 1 aromatic heterocycles. The zero-order valence-electron chi connectivity index (χ0n) is 12.2. The Hall–Kier alpha value is -2.88. The highest BCUT2D eigenvalue weighted by Crippen LogP contribution is 2.21. The van der Waals surface area contributed by atoms with Crippen molar-refractivity contribution in [3.63, 3.8) is 0 Å². The molecule has 1 heterocycles. The second-order valence-corrected chi connectivity index (χ2v) is 5.02. The van der Waals surface area contributed by atoms with E-state index in [-0.39, 0.29) is 0 Å². The summed E-state index contributed by atoms with van der Waals surface area (Å²) >= 11 is 0. The van der Waals surface area contributed by atoms with Gasteiger partial charge in [0.2, 0.25) is 0 Å². The fourth-order valence-corrected chi connectivity index (χ4v) is 2.03. The highest BCUT2D eigenvalue weighted by atomic mass is 16.5. The van der Waals surface area contributed by atoms with Crippen molar-refractivity contribution in [1.29, 1.82) is 0 Å². The molecular weight excluding hydrogens is 278 g/mol. The molecule has 4 nitrogen and oxygen atoms in total. The van der Waals surface area contributed by atoms with Crippen LogP contribution in [-0.4, -0.2) is 11.4 Å². The summed E-state index contributed by atoms with van der Waals surface area (Å²) in [7, 11) is 0. The number of rotatable bonds is 5. The van der Waals surface area contributed by atoms with E-state index in [1.165, 1.54) is 5.56 Å². The van der Waals surface area contributed by atoms with E-state index in [2.05, 4.69) is 5.16 Å². The Morgan fingerprint density at radius 1 is 1.09 bits per heavy atom. The molecule has 0 aliphatic heterocycles. The van der Waals surface area contributed by atoms with Crippen LogP contribution in [0, 0.1) is 6.92 Å². The number of benzene rings is 2. The van der Waals surface area contributed by atoms with E-state index >= 15 is 0 Å². The average molecular weight is 293 g/mol. The first-order chi connectivity index (χ1) is 10.7. The lowest BCUT2D eigenvalue weighted by Crippen LogP contribution is -1.95. The van der Waals surface area contributed by atoms with Gasteiger partial charge in [-0.1, -0.05) is 35.0 Å². The summed E-state index contributed by atoms with van der Waals surface area (Å²) in [5.74, 6) is 1.40. The standard InChI is InChI=1S/C18H15NO3/c1-13-2-6-15(7-3-13)18-10-16(19-22-18)12-21-17-8-4-14(11-20)5-9-17/h2-11H,12H2,1H3. The van der Waals surface area contributed by atoms with Crippen LogP contribution in [0.5, 0.6) is 5.75 Å². The van der Waals surface area contributed by atoms with Crippen LogP contribution in [0.4, 0.5) is 0 Å². The molecule has 0 spiro atoms.